The SMILES string of the molecule is CO[C@@H](CO)CSc1c(-c2ccc(F)c(Cl)c2)c(Cl)cc2c(=O)[nH]c(=O)[nH]c12. The molecule has 6 nitrogen and oxygen atoms in total. The highest BCUT2D eigenvalue weighted by atomic mass is 35.5. The molecule has 0 bridgehead atoms. The van der Waals surface area contributed by atoms with Gasteiger partial charge < -0.3 is 14.8 Å². The number of fused-ring (bicyclic) bond motifs is 1. The van der Waals surface area contributed by atoms with Gasteiger partial charge in [-0.15, -0.1) is 11.8 Å². The van der Waals surface area contributed by atoms with E-state index >= 15 is 0 Å². The summed E-state index contributed by atoms with van der Waals surface area (Å²) >= 11 is 13.6. The molecule has 28 heavy (non-hydrogen) atoms. The Bertz CT molecular complexity index is 1140. The molecule has 0 saturated carbocycles. The molecule has 1 atom stereocenters. The minimum Gasteiger partial charge on any atom is -0.394 e. The van der Waals surface area contributed by atoms with Gasteiger partial charge in [-0.05, 0) is 23.8 Å². The monoisotopic (exact) mass is 444 g/mol. The second-order valence-corrected chi connectivity index (χ2v) is 7.72. The molecular formula is C18H15Cl2FN2O4S. The topological polar surface area (TPSA) is 95.2 Å². The maximum absolute atomic E-state index is 13.6. The molecule has 10 heteroatoms. The Balaban J connectivity index is 2.30. The van der Waals surface area contributed by atoms with Crippen LogP contribution in [0.5, 0.6) is 0 Å². The Hall–Kier alpha value is -1.84. The van der Waals surface area contributed by atoms with Gasteiger partial charge in [0.15, 0.2) is 0 Å². The number of H-pyrrole nitrogens is 2. The van der Waals surface area contributed by atoms with Crippen molar-refractivity contribution in [2.45, 2.75) is 11.0 Å². The molecule has 0 unspecified atom stereocenters. The lowest BCUT2D eigenvalue weighted by Crippen LogP contribution is -2.22. The number of aliphatic hydroxyl groups is 1. The molecule has 0 radical (unpaired) electrons. The average molecular weight is 445 g/mol. The van der Waals surface area contributed by atoms with Gasteiger partial charge in [0.1, 0.15) is 5.82 Å². The molecule has 0 aliphatic rings. The number of hydrogen-bond donors (Lipinski definition) is 3. The Kier molecular flexibility index (Phi) is 6.47. The van der Waals surface area contributed by atoms with Crippen LogP contribution in [0.15, 0.2) is 38.8 Å². The van der Waals surface area contributed by atoms with E-state index in [0.29, 0.717) is 21.8 Å². The Labute approximate surface area is 172 Å². The van der Waals surface area contributed by atoms with E-state index in [1.54, 1.807) is 0 Å². The third-order valence-electron chi connectivity index (χ3n) is 4.10. The van der Waals surface area contributed by atoms with Crippen LogP contribution >= 0.6 is 35.0 Å². The van der Waals surface area contributed by atoms with Crippen LogP contribution in [0.25, 0.3) is 22.0 Å². The van der Waals surface area contributed by atoms with Crippen molar-refractivity contribution in [3.63, 3.8) is 0 Å². The highest BCUT2D eigenvalue weighted by Crippen LogP contribution is 2.42. The molecule has 0 spiro atoms. The highest BCUT2D eigenvalue weighted by molar-refractivity contribution is 7.99. The van der Waals surface area contributed by atoms with Crippen LogP contribution < -0.4 is 11.2 Å². The summed E-state index contributed by atoms with van der Waals surface area (Å²) in [7, 11) is 1.46. The largest absolute Gasteiger partial charge is 0.394 e. The summed E-state index contributed by atoms with van der Waals surface area (Å²) in [5.74, 6) is -0.264. The van der Waals surface area contributed by atoms with Gasteiger partial charge in [0.2, 0.25) is 0 Å². The summed E-state index contributed by atoms with van der Waals surface area (Å²) < 4.78 is 18.8. The summed E-state index contributed by atoms with van der Waals surface area (Å²) in [5, 5.41) is 9.71. The molecular weight excluding hydrogens is 430 g/mol. The standard InChI is InChI=1S/C18H15Cl2FN2O4S/c1-27-9(6-24)7-28-16-14(8-2-3-13(21)11(19)4-8)12(20)5-10-15(16)22-18(26)23-17(10)25/h2-5,9,24H,6-7H2,1H3,(H2,22,23,25,26)/t9-/m0/s1. The van der Waals surface area contributed by atoms with Crippen molar-refractivity contribution < 1.29 is 14.2 Å². The van der Waals surface area contributed by atoms with E-state index in [0.717, 1.165) is 0 Å². The number of rotatable bonds is 6. The lowest BCUT2D eigenvalue weighted by Gasteiger charge is -2.17. The number of thioether (sulfide) groups is 1. The molecule has 0 aliphatic carbocycles. The predicted octanol–water partition coefficient (Wildman–Crippen LogP) is 3.43. The normalized spacial score (nSPS) is 12.5. The van der Waals surface area contributed by atoms with E-state index in [1.165, 1.54) is 43.1 Å². The number of hydrogen-bond acceptors (Lipinski definition) is 5. The van der Waals surface area contributed by atoms with Crippen molar-refractivity contribution >= 4 is 45.9 Å². The highest BCUT2D eigenvalue weighted by Gasteiger charge is 2.20. The predicted molar refractivity (Wildman–Crippen MR) is 109 cm³/mol. The van der Waals surface area contributed by atoms with E-state index < -0.39 is 23.2 Å². The smallest absolute Gasteiger partial charge is 0.326 e. The zero-order valence-corrected chi connectivity index (χ0v) is 16.8. The van der Waals surface area contributed by atoms with E-state index in [9.17, 15) is 19.1 Å². The zero-order chi connectivity index (χ0) is 20.4. The van der Waals surface area contributed by atoms with Crippen molar-refractivity contribution in [3.8, 4) is 11.1 Å². The first kappa shape index (κ1) is 20.9. The van der Waals surface area contributed by atoms with Gasteiger partial charge in [-0.25, -0.2) is 9.18 Å². The van der Waals surface area contributed by atoms with Crippen molar-refractivity contribution in [2.24, 2.45) is 0 Å². The first-order valence-electron chi connectivity index (χ1n) is 8.06. The van der Waals surface area contributed by atoms with Crippen LogP contribution in [0, 0.1) is 5.82 Å². The average Bonchev–Trinajstić information content (AvgIpc) is 2.65. The Morgan fingerprint density at radius 3 is 2.61 bits per heavy atom. The molecule has 3 N–H and O–H groups in total. The Morgan fingerprint density at radius 1 is 1.21 bits per heavy atom. The maximum atomic E-state index is 13.6. The fraction of sp³-hybridized carbons (Fsp3) is 0.222. The second-order valence-electron chi connectivity index (χ2n) is 5.87. The van der Waals surface area contributed by atoms with Crippen molar-refractivity contribution in [1.82, 2.24) is 9.97 Å². The summed E-state index contributed by atoms with van der Waals surface area (Å²) in [5.41, 5.74) is 0.0215. The molecule has 1 heterocycles. The van der Waals surface area contributed by atoms with Crippen LogP contribution in [0.4, 0.5) is 4.39 Å². The second kappa shape index (κ2) is 8.67. The van der Waals surface area contributed by atoms with Gasteiger partial charge in [-0.1, -0.05) is 29.3 Å². The number of nitrogens with one attached hydrogen (secondary N) is 2. The molecule has 148 valence electrons. The number of ether oxygens (including phenoxy) is 1. The minimum atomic E-state index is -0.671. The van der Waals surface area contributed by atoms with E-state index in [2.05, 4.69) is 9.97 Å². The summed E-state index contributed by atoms with van der Waals surface area (Å²) in [4.78, 5) is 29.3. The van der Waals surface area contributed by atoms with Gasteiger partial charge in [-0.2, -0.15) is 0 Å². The fourth-order valence-corrected chi connectivity index (χ4v) is 4.50. The molecule has 3 rings (SSSR count). The Morgan fingerprint density at radius 2 is 1.96 bits per heavy atom. The summed E-state index contributed by atoms with van der Waals surface area (Å²) in [6.45, 7) is -0.211. The zero-order valence-electron chi connectivity index (χ0n) is 14.5. The van der Waals surface area contributed by atoms with Crippen LogP contribution in [0.1, 0.15) is 0 Å². The quantitative estimate of drug-likeness (QED) is 0.506. The van der Waals surface area contributed by atoms with Crippen molar-refractivity contribution in [1.29, 1.82) is 0 Å². The molecule has 3 aromatic rings. The summed E-state index contributed by atoms with van der Waals surface area (Å²) in [6, 6.07) is 5.56. The maximum Gasteiger partial charge on any atom is 0.326 e. The number of halogens is 3. The van der Waals surface area contributed by atoms with Crippen LogP contribution in [0.3, 0.4) is 0 Å². The minimum absolute atomic E-state index is 0.0888. The van der Waals surface area contributed by atoms with Gasteiger partial charge in [-0.3, -0.25) is 9.78 Å². The van der Waals surface area contributed by atoms with Gasteiger partial charge >= 0.3 is 5.69 Å². The first-order chi connectivity index (χ1) is 13.3. The molecule has 0 saturated heterocycles. The molecule has 0 fully saturated rings. The lowest BCUT2D eigenvalue weighted by atomic mass is 10.0. The van der Waals surface area contributed by atoms with Crippen molar-refractivity contribution in [3.05, 3.63) is 61.0 Å². The summed E-state index contributed by atoms with van der Waals surface area (Å²) in [6.07, 6.45) is -0.475. The van der Waals surface area contributed by atoms with Crippen molar-refractivity contribution in [2.75, 3.05) is 19.5 Å². The number of benzene rings is 2. The number of aromatic amines is 2. The van der Waals surface area contributed by atoms with E-state index in [1.807, 2.05) is 0 Å². The lowest BCUT2D eigenvalue weighted by molar-refractivity contribution is 0.0656. The fourth-order valence-electron chi connectivity index (χ4n) is 2.68. The van der Waals surface area contributed by atoms with Crippen LogP contribution in [-0.2, 0) is 4.74 Å². The molecule has 2 aromatic carbocycles. The number of aliphatic hydroxyl groups excluding tert-OH is 1. The van der Waals surface area contributed by atoms with Crippen LogP contribution in [0.2, 0.25) is 10.0 Å². The third kappa shape index (κ3) is 4.11. The first-order valence-corrected chi connectivity index (χ1v) is 9.80. The molecule has 1 aromatic heterocycles. The van der Waals surface area contributed by atoms with Gasteiger partial charge in [0, 0.05) is 23.3 Å². The molecule has 0 aliphatic heterocycles. The number of methoxy groups -OCH3 is 1. The van der Waals surface area contributed by atoms with Gasteiger partial charge in [0.25, 0.3) is 5.56 Å². The van der Waals surface area contributed by atoms with Gasteiger partial charge in [0.05, 0.1) is 33.7 Å². The third-order valence-corrected chi connectivity index (χ3v) is 5.93. The number of aromatic nitrogens is 2. The molecule has 0 amide bonds. The van der Waals surface area contributed by atoms with E-state index in [4.69, 9.17) is 27.9 Å². The van der Waals surface area contributed by atoms with E-state index in [-0.39, 0.29) is 27.6 Å². The van der Waals surface area contributed by atoms with Crippen LogP contribution in [-0.4, -0.2) is 40.6 Å².